The average Bonchev–Trinajstić information content (AvgIpc) is 3.08. The van der Waals surface area contributed by atoms with Gasteiger partial charge in [-0.15, -0.1) is 22.3 Å². The first-order chi connectivity index (χ1) is 10.9. The van der Waals surface area contributed by atoms with E-state index >= 15 is 0 Å². The van der Waals surface area contributed by atoms with Crippen LogP contribution in [0.2, 0.25) is 0 Å². The summed E-state index contributed by atoms with van der Waals surface area (Å²) in [5.41, 5.74) is 0.108. The Labute approximate surface area is 138 Å². The van der Waals surface area contributed by atoms with E-state index in [0.717, 1.165) is 34.8 Å². The molecule has 1 aromatic carbocycles. The summed E-state index contributed by atoms with van der Waals surface area (Å²) in [7, 11) is -3.90. The van der Waals surface area contributed by atoms with E-state index < -0.39 is 21.7 Å². The zero-order valence-corrected chi connectivity index (χ0v) is 14.0. The highest BCUT2D eigenvalue weighted by Gasteiger charge is 2.17. The monoisotopic (exact) mass is 372 g/mol. The summed E-state index contributed by atoms with van der Waals surface area (Å²) < 4.78 is 57.6. The molecule has 9 heteroatoms. The van der Waals surface area contributed by atoms with E-state index in [1.165, 1.54) is 16.7 Å². The van der Waals surface area contributed by atoms with Gasteiger partial charge in [-0.3, -0.25) is 0 Å². The number of rotatable bonds is 4. The summed E-state index contributed by atoms with van der Waals surface area (Å²) in [6, 6.07) is 4.95. The van der Waals surface area contributed by atoms with Crippen molar-refractivity contribution in [1.82, 2.24) is 4.57 Å². The second-order valence-electron chi connectivity index (χ2n) is 4.52. The molecule has 0 radical (unpaired) electrons. The molecule has 23 heavy (non-hydrogen) atoms. The summed E-state index contributed by atoms with van der Waals surface area (Å²) >= 11 is 1.95. The van der Waals surface area contributed by atoms with E-state index in [9.17, 15) is 17.2 Å². The third-order valence-corrected chi connectivity index (χ3v) is 6.74. The largest absolute Gasteiger partial charge is 0.309 e. The summed E-state index contributed by atoms with van der Waals surface area (Å²) in [5.74, 6) is -1.50. The van der Waals surface area contributed by atoms with E-state index in [0.29, 0.717) is 0 Å². The highest BCUT2D eigenvalue weighted by Crippen LogP contribution is 2.23. The standard InChI is InChI=1S/C14H10F2N2O2S3/c1-2-5-18-13-10(16)7-9(15)8-11(13)22-14(18)17-23(19,20)12-4-3-6-21-12/h2-4,6-8H,1,5H2/b17-14-. The number of aromatic nitrogens is 1. The first-order valence-corrected chi connectivity index (χ1v) is 9.50. The van der Waals surface area contributed by atoms with Crippen LogP contribution in [0.25, 0.3) is 10.2 Å². The number of hydrogen-bond donors (Lipinski definition) is 0. The summed E-state index contributed by atoms with van der Waals surface area (Å²) in [6.45, 7) is 3.73. The molecule has 120 valence electrons. The fourth-order valence-electron chi connectivity index (χ4n) is 2.06. The predicted octanol–water partition coefficient (Wildman–Crippen LogP) is 3.52. The van der Waals surface area contributed by atoms with Crippen LogP contribution in [-0.4, -0.2) is 13.0 Å². The molecule has 0 atom stereocenters. The lowest BCUT2D eigenvalue weighted by molar-refractivity contribution is 0.585. The van der Waals surface area contributed by atoms with Crippen molar-refractivity contribution >= 4 is 42.9 Å². The molecule has 0 amide bonds. The first kappa shape index (κ1) is 16.0. The Balaban J connectivity index is 2.33. The number of fused-ring (bicyclic) bond motifs is 1. The zero-order chi connectivity index (χ0) is 16.6. The Hall–Kier alpha value is -1.84. The molecular weight excluding hydrogens is 362 g/mol. The van der Waals surface area contributed by atoms with Gasteiger partial charge in [-0.2, -0.15) is 8.42 Å². The highest BCUT2D eigenvalue weighted by molar-refractivity contribution is 7.92. The molecule has 0 saturated carbocycles. The summed E-state index contributed by atoms with van der Waals surface area (Å²) in [6.07, 6.45) is 1.49. The predicted molar refractivity (Wildman–Crippen MR) is 87.0 cm³/mol. The molecule has 0 aliphatic rings. The number of sulfonamides is 1. The van der Waals surface area contributed by atoms with Gasteiger partial charge in [0.25, 0.3) is 10.0 Å². The van der Waals surface area contributed by atoms with Gasteiger partial charge >= 0.3 is 0 Å². The van der Waals surface area contributed by atoms with Crippen molar-refractivity contribution in [2.75, 3.05) is 0 Å². The number of benzene rings is 1. The van der Waals surface area contributed by atoms with Crippen LogP contribution in [0.5, 0.6) is 0 Å². The number of thiazole rings is 1. The van der Waals surface area contributed by atoms with Gasteiger partial charge in [-0.05, 0) is 17.5 Å². The Kier molecular flexibility index (Phi) is 4.17. The van der Waals surface area contributed by atoms with Crippen molar-refractivity contribution in [2.24, 2.45) is 4.40 Å². The minimum atomic E-state index is -3.90. The maximum atomic E-state index is 14.1. The van der Waals surface area contributed by atoms with Gasteiger partial charge in [-0.25, -0.2) is 8.78 Å². The maximum absolute atomic E-state index is 14.1. The molecule has 3 rings (SSSR count). The van der Waals surface area contributed by atoms with Crippen molar-refractivity contribution in [1.29, 1.82) is 0 Å². The molecule has 0 aliphatic carbocycles. The van der Waals surface area contributed by atoms with Crippen LogP contribution in [0.3, 0.4) is 0 Å². The third kappa shape index (κ3) is 2.99. The molecule has 2 heterocycles. The molecule has 0 fully saturated rings. The lowest BCUT2D eigenvalue weighted by Gasteiger charge is -2.02. The average molecular weight is 372 g/mol. The molecule has 3 aromatic rings. The highest BCUT2D eigenvalue weighted by atomic mass is 32.2. The molecule has 0 bridgehead atoms. The number of hydrogen-bond acceptors (Lipinski definition) is 4. The normalized spacial score (nSPS) is 12.9. The van der Waals surface area contributed by atoms with E-state index in [1.807, 2.05) is 0 Å². The van der Waals surface area contributed by atoms with Crippen LogP contribution in [0, 0.1) is 11.6 Å². The number of allylic oxidation sites excluding steroid dienone is 1. The second kappa shape index (κ2) is 5.99. The number of halogens is 2. The Morgan fingerprint density at radius 3 is 2.78 bits per heavy atom. The van der Waals surface area contributed by atoms with Crippen LogP contribution in [0.4, 0.5) is 8.78 Å². The Morgan fingerprint density at radius 2 is 2.13 bits per heavy atom. The molecule has 0 saturated heterocycles. The van der Waals surface area contributed by atoms with E-state index in [1.54, 1.807) is 11.4 Å². The van der Waals surface area contributed by atoms with Gasteiger partial charge in [0.15, 0.2) is 5.82 Å². The summed E-state index contributed by atoms with van der Waals surface area (Å²) in [4.78, 5) is 0.0674. The fraction of sp³-hybridized carbons (Fsp3) is 0.0714. The summed E-state index contributed by atoms with van der Waals surface area (Å²) in [5, 5.41) is 1.63. The minimum absolute atomic E-state index is 0.0674. The minimum Gasteiger partial charge on any atom is -0.309 e. The van der Waals surface area contributed by atoms with Gasteiger partial charge in [0.05, 0.1) is 10.2 Å². The Morgan fingerprint density at radius 1 is 1.35 bits per heavy atom. The quantitative estimate of drug-likeness (QED) is 0.658. The second-order valence-corrected chi connectivity index (χ2v) is 8.30. The first-order valence-electron chi connectivity index (χ1n) is 6.36. The molecule has 0 N–H and O–H groups in total. The van der Waals surface area contributed by atoms with Crippen LogP contribution in [-0.2, 0) is 16.6 Å². The van der Waals surface area contributed by atoms with Crippen LogP contribution < -0.4 is 4.80 Å². The van der Waals surface area contributed by atoms with Crippen LogP contribution >= 0.6 is 22.7 Å². The van der Waals surface area contributed by atoms with Crippen molar-refractivity contribution in [3.63, 3.8) is 0 Å². The maximum Gasteiger partial charge on any atom is 0.294 e. The number of thiophene rings is 1. The van der Waals surface area contributed by atoms with E-state index in [4.69, 9.17) is 0 Å². The third-order valence-electron chi connectivity index (χ3n) is 2.95. The topological polar surface area (TPSA) is 51.4 Å². The lowest BCUT2D eigenvalue weighted by Crippen LogP contribution is -2.16. The molecular formula is C14H10F2N2O2S3. The fourth-order valence-corrected chi connectivity index (χ4v) is 5.31. The zero-order valence-electron chi connectivity index (χ0n) is 11.6. The molecule has 2 aromatic heterocycles. The van der Waals surface area contributed by atoms with Crippen molar-refractivity contribution in [2.45, 2.75) is 10.8 Å². The van der Waals surface area contributed by atoms with Gasteiger partial charge < -0.3 is 4.57 Å². The van der Waals surface area contributed by atoms with E-state index in [-0.39, 0.29) is 25.8 Å². The van der Waals surface area contributed by atoms with E-state index in [2.05, 4.69) is 11.0 Å². The van der Waals surface area contributed by atoms with Gasteiger partial charge in [0.2, 0.25) is 4.80 Å². The van der Waals surface area contributed by atoms with Crippen LogP contribution in [0.1, 0.15) is 0 Å². The molecule has 0 spiro atoms. The number of nitrogens with zero attached hydrogens (tertiary/aromatic N) is 2. The lowest BCUT2D eigenvalue weighted by atomic mass is 10.3. The van der Waals surface area contributed by atoms with Crippen LogP contribution in [0.15, 0.2) is 50.9 Å². The van der Waals surface area contributed by atoms with Crippen molar-refractivity contribution in [3.8, 4) is 0 Å². The SMILES string of the molecule is C=CCn1/c(=N/S(=O)(=O)c2cccs2)sc2cc(F)cc(F)c21. The van der Waals surface area contributed by atoms with Gasteiger partial charge in [-0.1, -0.05) is 23.5 Å². The molecule has 4 nitrogen and oxygen atoms in total. The Bertz CT molecular complexity index is 1050. The van der Waals surface area contributed by atoms with Crippen molar-refractivity contribution < 1.29 is 17.2 Å². The molecule has 0 unspecified atom stereocenters. The van der Waals surface area contributed by atoms with Gasteiger partial charge in [0.1, 0.15) is 10.0 Å². The smallest absolute Gasteiger partial charge is 0.294 e. The van der Waals surface area contributed by atoms with Crippen molar-refractivity contribution in [3.05, 3.63) is 58.7 Å². The molecule has 0 aliphatic heterocycles. The van der Waals surface area contributed by atoms with Gasteiger partial charge in [0, 0.05) is 12.6 Å².